The highest BCUT2D eigenvalue weighted by Crippen LogP contribution is 2.45. The molecule has 214 valence electrons. The van der Waals surface area contributed by atoms with Crippen molar-refractivity contribution in [3.8, 4) is 28.0 Å². The van der Waals surface area contributed by atoms with Gasteiger partial charge in [-0.1, -0.05) is 18.2 Å². The van der Waals surface area contributed by atoms with E-state index < -0.39 is 11.7 Å². The van der Waals surface area contributed by atoms with Gasteiger partial charge in [0.2, 0.25) is 5.95 Å². The first-order valence-electron chi connectivity index (χ1n) is 14.3. The zero-order valence-corrected chi connectivity index (χ0v) is 25.3. The summed E-state index contributed by atoms with van der Waals surface area (Å²) in [5, 5.41) is 3.11. The van der Waals surface area contributed by atoms with Gasteiger partial charge in [0.25, 0.3) is 0 Å². The van der Waals surface area contributed by atoms with Crippen LogP contribution in [0.2, 0.25) is 0 Å². The fraction of sp³-hybridized carbons (Fsp3) is 0.314. The smallest absolute Gasteiger partial charge is 0.224 e. The number of benzene rings is 3. The molecule has 3 heterocycles. The average Bonchev–Trinajstić information content (AvgIpc) is 2.95. The first-order chi connectivity index (χ1) is 20.0. The Kier molecular flexibility index (Phi) is 6.93. The van der Waals surface area contributed by atoms with Crippen molar-refractivity contribution >= 4 is 33.4 Å². The van der Waals surface area contributed by atoms with Crippen molar-refractivity contribution in [2.24, 2.45) is 0 Å². The quantitative estimate of drug-likeness (QED) is 0.216. The van der Waals surface area contributed by atoms with Crippen LogP contribution in [0.4, 0.5) is 5.95 Å². The summed E-state index contributed by atoms with van der Waals surface area (Å²) in [7, 11) is 3.85. The van der Waals surface area contributed by atoms with E-state index in [2.05, 4.69) is 53.3 Å². The van der Waals surface area contributed by atoms with Crippen LogP contribution in [-0.4, -0.2) is 47.0 Å². The number of ketones is 1. The third-order valence-electron chi connectivity index (χ3n) is 7.70. The first-order valence-corrected chi connectivity index (χ1v) is 14.3. The van der Waals surface area contributed by atoms with Crippen molar-refractivity contribution in [3.05, 3.63) is 77.7 Å². The summed E-state index contributed by atoms with van der Waals surface area (Å²) < 4.78 is 12.5. The zero-order valence-electron chi connectivity index (χ0n) is 25.3. The number of pyridine rings is 1. The summed E-state index contributed by atoms with van der Waals surface area (Å²) in [6.45, 7) is 10.3. The highest BCUT2D eigenvalue weighted by Gasteiger charge is 2.31. The number of anilines is 1. The van der Waals surface area contributed by atoms with E-state index in [1.165, 1.54) is 5.56 Å². The van der Waals surface area contributed by atoms with Crippen molar-refractivity contribution in [2.75, 3.05) is 25.6 Å². The molecule has 1 aliphatic rings. The Morgan fingerprint density at radius 2 is 1.76 bits per heavy atom. The Bertz CT molecular complexity index is 1830. The topological polar surface area (TPSA) is 77.4 Å². The molecule has 0 N–H and O–H groups in total. The Morgan fingerprint density at radius 3 is 2.45 bits per heavy atom. The van der Waals surface area contributed by atoms with Crippen molar-refractivity contribution in [3.63, 3.8) is 0 Å². The number of aromatic nitrogens is 3. The minimum absolute atomic E-state index is 0.0394. The lowest BCUT2D eigenvalue weighted by Gasteiger charge is -2.30. The Balaban J connectivity index is 1.65. The van der Waals surface area contributed by atoms with Gasteiger partial charge >= 0.3 is 0 Å². The number of Topliss-reactive ketones (excluding diaryl/α,β-unsaturated/α-hetero) is 1. The summed E-state index contributed by atoms with van der Waals surface area (Å²) in [5.74, 6) is 1.47. The van der Waals surface area contributed by atoms with E-state index in [4.69, 9.17) is 14.5 Å². The SMILES string of the molecule is CC(=O)C(OC(C)(C)C)c1c(C)cc2cc(-c3cnc(N(C)C)nc3)ccc2c1-c1ccc2c3c(ccnc13)CCO2. The van der Waals surface area contributed by atoms with Crippen molar-refractivity contribution in [1.29, 1.82) is 0 Å². The van der Waals surface area contributed by atoms with Crippen LogP contribution in [0.15, 0.2) is 61.1 Å². The second-order valence-electron chi connectivity index (χ2n) is 12.2. The molecule has 1 unspecified atom stereocenters. The van der Waals surface area contributed by atoms with Crippen LogP contribution in [0.25, 0.3) is 43.9 Å². The van der Waals surface area contributed by atoms with E-state index in [0.717, 1.165) is 67.2 Å². The number of rotatable bonds is 6. The fourth-order valence-electron chi connectivity index (χ4n) is 5.87. The minimum atomic E-state index is -0.738. The molecule has 0 aliphatic carbocycles. The van der Waals surface area contributed by atoms with Crippen LogP contribution in [0.3, 0.4) is 0 Å². The second-order valence-corrected chi connectivity index (χ2v) is 12.2. The fourth-order valence-corrected chi connectivity index (χ4v) is 5.87. The molecule has 0 fully saturated rings. The molecule has 7 heteroatoms. The summed E-state index contributed by atoms with van der Waals surface area (Å²) in [6.07, 6.45) is 5.67. The number of carbonyl (C=O) groups excluding carboxylic acids is 1. The molecular formula is C35H36N4O3. The van der Waals surface area contributed by atoms with Crippen molar-refractivity contribution < 1.29 is 14.3 Å². The number of hydrogen-bond acceptors (Lipinski definition) is 7. The third-order valence-corrected chi connectivity index (χ3v) is 7.70. The monoisotopic (exact) mass is 560 g/mol. The molecule has 0 radical (unpaired) electrons. The van der Waals surface area contributed by atoms with Crippen molar-refractivity contribution in [1.82, 2.24) is 15.0 Å². The first kappa shape index (κ1) is 27.8. The maximum atomic E-state index is 13.3. The van der Waals surface area contributed by atoms with Crippen molar-refractivity contribution in [2.45, 2.75) is 52.7 Å². The molecule has 7 nitrogen and oxygen atoms in total. The maximum Gasteiger partial charge on any atom is 0.224 e. The summed E-state index contributed by atoms with van der Waals surface area (Å²) in [6, 6.07) is 14.7. The molecule has 0 bridgehead atoms. The Labute approximate surface area is 246 Å². The van der Waals surface area contributed by atoms with E-state index in [-0.39, 0.29) is 5.78 Å². The van der Waals surface area contributed by atoms with E-state index in [1.54, 1.807) is 6.92 Å². The molecule has 1 atom stereocenters. The van der Waals surface area contributed by atoms with Crippen LogP contribution in [0, 0.1) is 6.92 Å². The molecule has 1 aliphatic heterocycles. The van der Waals surface area contributed by atoms with Gasteiger partial charge < -0.3 is 14.4 Å². The highest BCUT2D eigenvalue weighted by atomic mass is 16.5. The molecule has 42 heavy (non-hydrogen) atoms. The third kappa shape index (κ3) is 4.98. The molecule has 2 aromatic heterocycles. The lowest BCUT2D eigenvalue weighted by atomic mass is 9.84. The number of nitrogens with zero attached hydrogens (tertiary/aromatic N) is 4. The van der Waals surface area contributed by atoms with Crippen LogP contribution in [-0.2, 0) is 16.0 Å². The molecule has 5 aromatic rings. The van der Waals surface area contributed by atoms with E-state index in [0.29, 0.717) is 12.6 Å². The number of fused-ring (bicyclic) bond motifs is 1. The Morgan fingerprint density at radius 1 is 1.00 bits per heavy atom. The van der Waals surface area contributed by atoms with Gasteiger partial charge in [-0.25, -0.2) is 9.97 Å². The highest BCUT2D eigenvalue weighted by molar-refractivity contribution is 6.09. The summed E-state index contributed by atoms with van der Waals surface area (Å²) in [4.78, 5) is 29.0. The van der Waals surface area contributed by atoms with Gasteiger partial charge in [-0.2, -0.15) is 0 Å². The number of ether oxygens (including phenoxy) is 2. The predicted molar refractivity (Wildman–Crippen MR) is 168 cm³/mol. The van der Waals surface area contributed by atoms with Gasteiger partial charge in [0, 0.05) is 55.6 Å². The van der Waals surface area contributed by atoms with E-state index >= 15 is 0 Å². The van der Waals surface area contributed by atoms with E-state index in [9.17, 15) is 4.79 Å². The summed E-state index contributed by atoms with van der Waals surface area (Å²) >= 11 is 0. The number of aryl methyl sites for hydroxylation is 1. The lowest BCUT2D eigenvalue weighted by Crippen LogP contribution is -2.27. The van der Waals surface area contributed by atoms with Crippen LogP contribution in [0.5, 0.6) is 5.75 Å². The van der Waals surface area contributed by atoms with Gasteiger partial charge in [0.05, 0.1) is 17.7 Å². The van der Waals surface area contributed by atoms with E-state index in [1.807, 2.05) is 64.4 Å². The standard InChI is InChI=1S/C35H36N4O3/c1-20-16-24-17-23(25-18-37-34(38-19-25)39(6)7)8-9-26(24)31(29(20)33(21(2)40)42-35(3,4)5)27-10-11-28-30-22(13-15-41-28)12-14-36-32(27)30/h8-12,14,16-19,33H,13,15H2,1-7H3. The molecule has 0 amide bonds. The molecule has 3 aromatic carbocycles. The molecular weight excluding hydrogens is 524 g/mol. The predicted octanol–water partition coefficient (Wildman–Crippen LogP) is 7.27. The van der Waals surface area contributed by atoms with Gasteiger partial charge in [-0.15, -0.1) is 0 Å². The molecule has 0 saturated heterocycles. The number of hydrogen-bond donors (Lipinski definition) is 0. The second kappa shape index (κ2) is 10.5. The molecule has 0 spiro atoms. The number of carbonyl (C=O) groups is 1. The van der Waals surface area contributed by atoms with Gasteiger partial charge in [0.15, 0.2) is 5.78 Å². The van der Waals surface area contributed by atoms with Gasteiger partial charge in [-0.05, 0) is 97.5 Å². The normalized spacial score (nSPS) is 13.7. The summed E-state index contributed by atoms with van der Waals surface area (Å²) in [5.41, 5.74) is 7.29. The average molecular weight is 561 g/mol. The molecule has 6 rings (SSSR count). The lowest BCUT2D eigenvalue weighted by molar-refractivity contribution is -0.138. The largest absolute Gasteiger partial charge is 0.493 e. The molecule has 0 saturated carbocycles. The van der Waals surface area contributed by atoms with Crippen LogP contribution in [0.1, 0.15) is 50.5 Å². The zero-order chi connectivity index (χ0) is 29.8. The Hall–Kier alpha value is -4.36. The van der Waals surface area contributed by atoms with Gasteiger partial charge in [-0.3, -0.25) is 9.78 Å². The minimum Gasteiger partial charge on any atom is -0.493 e. The van der Waals surface area contributed by atoms with Crippen LogP contribution < -0.4 is 9.64 Å². The maximum absolute atomic E-state index is 13.3. The van der Waals surface area contributed by atoms with Crippen LogP contribution >= 0.6 is 0 Å². The van der Waals surface area contributed by atoms with Gasteiger partial charge in [0.1, 0.15) is 11.9 Å².